The van der Waals surface area contributed by atoms with Crippen LogP contribution in [0, 0.1) is 5.82 Å². The Morgan fingerprint density at radius 1 is 1.16 bits per heavy atom. The van der Waals surface area contributed by atoms with Gasteiger partial charge in [-0.2, -0.15) is 0 Å². The molecule has 2 aromatic rings. The van der Waals surface area contributed by atoms with Crippen LogP contribution in [0.15, 0.2) is 71.6 Å². The predicted molar refractivity (Wildman–Crippen MR) is 113 cm³/mol. The average Bonchev–Trinajstić information content (AvgIpc) is 2.75. The number of aliphatic hydroxyl groups is 1. The van der Waals surface area contributed by atoms with Crippen LogP contribution in [0.1, 0.15) is 24.9 Å². The van der Waals surface area contributed by atoms with Crippen LogP contribution in [0.4, 0.5) is 4.39 Å². The summed E-state index contributed by atoms with van der Waals surface area (Å²) in [6.07, 6.45) is 1.64. The monoisotopic (exact) mass is 448 g/mol. The van der Waals surface area contributed by atoms with Gasteiger partial charge < -0.3 is 15.2 Å². The first-order chi connectivity index (χ1) is 14.8. The smallest absolute Gasteiger partial charge is 0.241 e. The van der Waals surface area contributed by atoms with Gasteiger partial charge in [-0.15, -0.1) is 0 Å². The zero-order chi connectivity index (χ0) is 22.4. The second kappa shape index (κ2) is 10.1. The minimum absolute atomic E-state index is 0.0214. The molecule has 1 heterocycles. The van der Waals surface area contributed by atoms with Crippen LogP contribution >= 0.6 is 0 Å². The Bertz CT molecular complexity index is 1030. The quantitative estimate of drug-likeness (QED) is 0.536. The van der Waals surface area contributed by atoms with Crippen molar-refractivity contribution in [2.75, 3.05) is 6.61 Å². The molecule has 0 aromatic heterocycles. The Hall–Kier alpha value is -2.59. The summed E-state index contributed by atoms with van der Waals surface area (Å²) < 4.78 is 46.5. The number of ether oxygens (including phenoxy) is 1. The number of amides is 1. The molecule has 3 N–H and O–H groups in total. The topological polar surface area (TPSA) is 105 Å². The third kappa shape index (κ3) is 6.20. The van der Waals surface area contributed by atoms with Gasteiger partial charge in [-0.25, -0.2) is 17.5 Å². The maximum absolute atomic E-state index is 13.4. The summed E-state index contributed by atoms with van der Waals surface area (Å²) >= 11 is 0. The number of aliphatic hydroxyl groups excluding tert-OH is 1. The largest absolute Gasteiger partial charge is 0.394 e. The van der Waals surface area contributed by atoms with Gasteiger partial charge in [0, 0.05) is 0 Å². The summed E-state index contributed by atoms with van der Waals surface area (Å²) in [5, 5.41) is 12.6. The summed E-state index contributed by atoms with van der Waals surface area (Å²) in [7, 11) is -4.02. The van der Waals surface area contributed by atoms with Crippen LogP contribution in [0.3, 0.4) is 0 Å². The van der Waals surface area contributed by atoms with Crippen LogP contribution in [-0.4, -0.2) is 44.3 Å². The molecule has 0 radical (unpaired) electrons. The lowest BCUT2D eigenvalue weighted by atomic mass is 10.0. The number of nitrogens with one attached hydrogen (secondary N) is 2. The summed E-state index contributed by atoms with van der Waals surface area (Å²) in [5.41, 5.74) is 0.969. The second-order valence-corrected chi connectivity index (χ2v) is 9.00. The molecule has 31 heavy (non-hydrogen) atoms. The van der Waals surface area contributed by atoms with Crippen molar-refractivity contribution < 1.29 is 27.4 Å². The average molecular weight is 449 g/mol. The standard InChI is InChI=1S/C22H25FN2O5S/c1-15(16-6-3-2-4-7-16)24-22(27)13-18-10-11-20(21(14-26)30-18)25-31(28,29)19-9-5-8-17(23)12-19/h2-12,15,18,20-21,25-26H,13-14H2,1H3,(H,24,27)/t15-,18+,20+,21-/m0/s1. The zero-order valence-electron chi connectivity index (χ0n) is 16.9. The number of hydrogen-bond acceptors (Lipinski definition) is 5. The van der Waals surface area contributed by atoms with E-state index in [1.807, 2.05) is 37.3 Å². The van der Waals surface area contributed by atoms with Crippen molar-refractivity contribution in [3.63, 3.8) is 0 Å². The molecule has 0 aliphatic carbocycles. The van der Waals surface area contributed by atoms with Gasteiger partial charge in [-0.3, -0.25) is 4.79 Å². The molecule has 7 nitrogen and oxygen atoms in total. The number of hydrogen-bond donors (Lipinski definition) is 3. The Kier molecular flexibility index (Phi) is 7.55. The van der Waals surface area contributed by atoms with Gasteiger partial charge >= 0.3 is 0 Å². The number of halogens is 1. The Morgan fingerprint density at radius 3 is 2.58 bits per heavy atom. The molecular formula is C22H25FN2O5S. The molecule has 4 atom stereocenters. The van der Waals surface area contributed by atoms with Gasteiger partial charge in [0.2, 0.25) is 15.9 Å². The number of carbonyl (C=O) groups excluding carboxylic acids is 1. The van der Waals surface area contributed by atoms with E-state index in [0.29, 0.717) is 0 Å². The van der Waals surface area contributed by atoms with Crippen molar-refractivity contribution in [3.8, 4) is 0 Å². The summed E-state index contributed by atoms with van der Waals surface area (Å²) in [6.45, 7) is 1.41. The normalized spacial score (nSPS) is 22.1. The highest BCUT2D eigenvalue weighted by atomic mass is 32.2. The molecule has 9 heteroatoms. The van der Waals surface area contributed by atoms with Gasteiger partial charge in [-0.05, 0) is 30.7 Å². The first-order valence-corrected chi connectivity index (χ1v) is 11.3. The molecule has 1 aliphatic heterocycles. The van der Waals surface area contributed by atoms with E-state index in [2.05, 4.69) is 10.0 Å². The van der Waals surface area contributed by atoms with E-state index in [4.69, 9.17) is 4.74 Å². The van der Waals surface area contributed by atoms with Crippen molar-refractivity contribution in [1.29, 1.82) is 0 Å². The zero-order valence-corrected chi connectivity index (χ0v) is 17.8. The number of carbonyl (C=O) groups is 1. The highest BCUT2D eigenvalue weighted by molar-refractivity contribution is 7.89. The van der Waals surface area contributed by atoms with E-state index in [-0.39, 0.29) is 23.3 Å². The molecule has 0 fully saturated rings. The van der Waals surface area contributed by atoms with Gasteiger partial charge in [0.1, 0.15) is 11.9 Å². The van der Waals surface area contributed by atoms with Crippen LogP contribution in [0.2, 0.25) is 0 Å². The van der Waals surface area contributed by atoms with E-state index in [9.17, 15) is 22.7 Å². The minimum atomic E-state index is -4.02. The van der Waals surface area contributed by atoms with Gasteiger partial charge in [0.05, 0.1) is 36.1 Å². The number of rotatable bonds is 8. The summed E-state index contributed by atoms with van der Waals surface area (Å²) in [4.78, 5) is 12.2. The van der Waals surface area contributed by atoms with E-state index in [1.165, 1.54) is 12.1 Å². The third-order valence-electron chi connectivity index (χ3n) is 4.92. The molecule has 1 aliphatic rings. The third-order valence-corrected chi connectivity index (χ3v) is 6.38. The van der Waals surface area contributed by atoms with E-state index < -0.39 is 40.7 Å². The summed E-state index contributed by atoms with van der Waals surface area (Å²) in [5.74, 6) is -0.908. The SMILES string of the molecule is C[C@H](NC(=O)C[C@H]1C=C[C@@H](NS(=O)(=O)c2cccc(F)c2)[C@H](CO)O1)c1ccccc1. The van der Waals surface area contributed by atoms with Gasteiger partial charge in [-0.1, -0.05) is 48.6 Å². The highest BCUT2D eigenvalue weighted by Crippen LogP contribution is 2.19. The molecule has 0 unspecified atom stereocenters. The molecule has 1 amide bonds. The Morgan fingerprint density at radius 2 is 1.90 bits per heavy atom. The van der Waals surface area contributed by atoms with Crippen molar-refractivity contribution in [2.24, 2.45) is 0 Å². The van der Waals surface area contributed by atoms with E-state index in [1.54, 1.807) is 12.2 Å². The van der Waals surface area contributed by atoms with Gasteiger partial charge in [0.15, 0.2) is 0 Å². The van der Waals surface area contributed by atoms with Crippen molar-refractivity contribution in [1.82, 2.24) is 10.0 Å². The minimum Gasteiger partial charge on any atom is -0.394 e. The maximum atomic E-state index is 13.4. The van der Waals surface area contributed by atoms with Crippen LogP contribution in [0.25, 0.3) is 0 Å². The lowest BCUT2D eigenvalue weighted by Gasteiger charge is -2.31. The van der Waals surface area contributed by atoms with Crippen molar-refractivity contribution in [3.05, 3.63) is 78.1 Å². The second-order valence-electron chi connectivity index (χ2n) is 7.29. The molecule has 2 aromatic carbocycles. The molecular weight excluding hydrogens is 423 g/mol. The molecule has 166 valence electrons. The van der Waals surface area contributed by atoms with Crippen LogP contribution < -0.4 is 10.0 Å². The number of benzene rings is 2. The van der Waals surface area contributed by atoms with Crippen molar-refractivity contribution in [2.45, 2.75) is 42.5 Å². The number of sulfonamides is 1. The lowest BCUT2D eigenvalue weighted by Crippen LogP contribution is -2.49. The Balaban J connectivity index is 1.61. The fourth-order valence-electron chi connectivity index (χ4n) is 3.30. The molecule has 0 saturated carbocycles. The van der Waals surface area contributed by atoms with Crippen molar-refractivity contribution >= 4 is 15.9 Å². The van der Waals surface area contributed by atoms with Crippen LogP contribution in [0.5, 0.6) is 0 Å². The molecule has 0 bridgehead atoms. The first-order valence-electron chi connectivity index (χ1n) is 9.85. The predicted octanol–water partition coefficient (Wildman–Crippen LogP) is 2.06. The van der Waals surface area contributed by atoms with E-state index >= 15 is 0 Å². The van der Waals surface area contributed by atoms with E-state index in [0.717, 1.165) is 17.7 Å². The Labute approximate surface area is 181 Å². The molecule has 0 spiro atoms. The summed E-state index contributed by atoms with van der Waals surface area (Å²) in [6, 6.07) is 13.1. The van der Waals surface area contributed by atoms with Gasteiger partial charge in [0.25, 0.3) is 0 Å². The first kappa shape index (κ1) is 23.1. The molecule has 0 saturated heterocycles. The highest BCUT2D eigenvalue weighted by Gasteiger charge is 2.31. The fraction of sp³-hybridized carbons (Fsp3) is 0.318. The molecule has 3 rings (SSSR count). The fourth-order valence-corrected chi connectivity index (χ4v) is 4.55. The maximum Gasteiger partial charge on any atom is 0.241 e. The lowest BCUT2D eigenvalue weighted by molar-refractivity contribution is -0.125. The van der Waals surface area contributed by atoms with Crippen LogP contribution in [-0.2, 0) is 19.6 Å².